The van der Waals surface area contributed by atoms with Crippen LogP contribution in [0.25, 0.3) is 0 Å². The second-order valence-electron chi connectivity index (χ2n) is 9.43. The van der Waals surface area contributed by atoms with Crippen molar-refractivity contribution >= 4 is 17.9 Å². The predicted octanol–water partition coefficient (Wildman–Crippen LogP) is 5.61. The molecular weight excluding hydrogens is 384 g/mol. The molecule has 1 heterocycles. The van der Waals surface area contributed by atoms with Gasteiger partial charge in [-0.15, -0.1) is 0 Å². The maximum Gasteiger partial charge on any atom is 0.415 e. The molecule has 0 fully saturated rings. The molecule has 7 heteroatoms. The van der Waals surface area contributed by atoms with Gasteiger partial charge in [0.2, 0.25) is 0 Å². The van der Waals surface area contributed by atoms with Crippen LogP contribution in [0.4, 0.5) is 15.3 Å². The fourth-order valence-corrected chi connectivity index (χ4v) is 4.63. The highest BCUT2D eigenvalue weighted by molar-refractivity contribution is 5.94. The normalized spacial score (nSPS) is 16.0. The van der Waals surface area contributed by atoms with E-state index in [1.54, 1.807) is 12.0 Å². The fourth-order valence-electron chi connectivity index (χ4n) is 4.63. The lowest BCUT2D eigenvalue weighted by molar-refractivity contribution is -0.00261. The van der Waals surface area contributed by atoms with Gasteiger partial charge in [0.15, 0.2) is 0 Å². The molecule has 30 heavy (non-hydrogen) atoms. The number of anilines is 1. The Morgan fingerprint density at radius 3 is 2.27 bits per heavy atom. The van der Waals surface area contributed by atoms with Crippen LogP contribution >= 0.6 is 0 Å². The van der Waals surface area contributed by atoms with Gasteiger partial charge in [-0.3, -0.25) is 9.80 Å². The molecule has 0 bridgehead atoms. The largest absolute Gasteiger partial charge is 0.495 e. The number of hydrogen-bond acceptors (Lipinski definition) is 4. The van der Waals surface area contributed by atoms with Crippen molar-refractivity contribution in [2.75, 3.05) is 18.6 Å². The van der Waals surface area contributed by atoms with E-state index in [1.807, 2.05) is 66.7 Å². The van der Waals surface area contributed by atoms with Crippen molar-refractivity contribution in [3.8, 4) is 5.75 Å². The number of nitrogens with zero attached hydrogens (tertiary/aromatic N) is 2. The van der Waals surface area contributed by atoms with Crippen LogP contribution in [0.15, 0.2) is 18.2 Å². The molecule has 0 saturated heterocycles. The third-order valence-electron chi connectivity index (χ3n) is 6.04. The van der Waals surface area contributed by atoms with Crippen molar-refractivity contribution in [1.29, 1.82) is 0 Å². The van der Waals surface area contributed by atoms with Gasteiger partial charge in [-0.05, 0) is 59.9 Å². The number of amides is 2. The molecule has 0 aromatic heterocycles. The van der Waals surface area contributed by atoms with E-state index in [4.69, 9.17) is 9.47 Å². The minimum Gasteiger partial charge on any atom is -0.495 e. The molecule has 2 amide bonds. The SMILES string of the molecule is CCC1(CC)OC(=O)N(CCC(C)(C)N(C(=O)O)C(C)(C)C)c2c(OC)cccc21. The lowest BCUT2D eigenvalue weighted by Crippen LogP contribution is -2.58. The first-order valence-corrected chi connectivity index (χ1v) is 10.6. The van der Waals surface area contributed by atoms with Gasteiger partial charge < -0.3 is 14.6 Å². The molecule has 1 N–H and O–H groups in total. The summed E-state index contributed by atoms with van der Waals surface area (Å²) < 4.78 is 11.5. The molecule has 0 radical (unpaired) electrons. The van der Waals surface area contributed by atoms with Gasteiger partial charge in [-0.25, -0.2) is 9.59 Å². The molecule has 168 valence electrons. The van der Waals surface area contributed by atoms with Crippen LogP contribution in [-0.4, -0.2) is 46.9 Å². The molecule has 1 aliphatic heterocycles. The number of para-hydroxylation sites is 1. The summed E-state index contributed by atoms with van der Waals surface area (Å²) in [6.07, 6.45) is 0.345. The number of carboxylic acid groups (broad SMARTS) is 1. The van der Waals surface area contributed by atoms with Crippen molar-refractivity contribution in [2.45, 2.75) is 84.4 Å². The summed E-state index contributed by atoms with van der Waals surface area (Å²) in [6, 6.07) is 5.73. The monoisotopic (exact) mass is 420 g/mol. The standard InChI is InChI=1S/C23H36N2O5/c1-9-23(10-2)16-12-11-13-17(29-8)18(16)24(20(28)30-23)15-14-22(6,7)25(19(26)27)21(3,4)5/h11-13H,9-10,14-15H2,1-8H3,(H,26,27). The number of carbonyl (C=O) groups excluding carboxylic acids is 1. The molecule has 2 rings (SSSR count). The van der Waals surface area contributed by atoms with E-state index in [0.29, 0.717) is 37.2 Å². The van der Waals surface area contributed by atoms with Gasteiger partial charge in [0, 0.05) is 23.2 Å². The van der Waals surface area contributed by atoms with E-state index in [9.17, 15) is 14.7 Å². The van der Waals surface area contributed by atoms with Gasteiger partial charge in [0.1, 0.15) is 11.4 Å². The van der Waals surface area contributed by atoms with Crippen molar-refractivity contribution in [3.05, 3.63) is 23.8 Å². The van der Waals surface area contributed by atoms with Crippen LogP contribution in [-0.2, 0) is 10.3 Å². The Morgan fingerprint density at radius 1 is 1.20 bits per heavy atom. The molecule has 0 saturated carbocycles. The second kappa shape index (κ2) is 8.36. The maximum absolute atomic E-state index is 13.1. The highest BCUT2D eigenvalue weighted by atomic mass is 16.6. The number of rotatable bonds is 7. The number of methoxy groups -OCH3 is 1. The van der Waals surface area contributed by atoms with Crippen molar-refractivity contribution < 1.29 is 24.2 Å². The van der Waals surface area contributed by atoms with Gasteiger partial charge in [0.25, 0.3) is 0 Å². The number of fused-ring (bicyclic) bond motifs is 1. The zero-order valence-electron chi connectivity index (χ0n) is 19.5. The number of carbonyl (C=O) groups is 2. The lowest BCUT2D eigenvalue weighted by atomic mass is 9.85. The van der Waals surface area contributed by atoms with Gasteiger partial charge in [0.05, 0.1) is 12.8 Å². The van der Waals surface area contributed by atoms with Crippen LogP contribution in [0.5, 0.6) is 5.75 Å². The molecule has 7 nitrogen and oxygen atoms in total. The van der Waals surface area contributed by atoms with Gasteiger partial charge in [-0.2, -0.15) is 0 Å². The average Bonchev–Trinajstić information content (AvgIpc) is 2.64. The summed E-state index contributed by atoms with van der Waals surface area (Å²) in [7, 11) is 1.59. The first kappa shape index (κ1) is 23.8. The first-order valence-electron chi connectivity index (χ1n) is 10.6. The Hall–Kier alpha value is -2.44. The third kappa shape index (κ3) is 4.20. The summed E-state index contributed by atoms with van der Waals surface area (Å²) in [5.74, 6) is 0.610. The number of ether oxygens (including phenoxy) is 2. The number of cyclic esters (lactones) is 1. The minimum absolute atomic E-state index is 0.308. The maximum atomic E-state index is 13.1. The highest BCUT2D eigenvalue weighted by Crippen LogP contribution is 2.47. The van der Waals surface area contributed by atoms with Crippen LogP contribution in [0.3, 0.4) is 0 Å². The van der Waals surface area contributed by atoms with E-state index in [2.05, 4.69) is 0 Å². The molecular formula is C23H36N2O5. The third-order valence-corrected chi connectivity index (χ3v) is 6.04. The Labute approximate surface area is 179 Å². The van der Waals surface area contributed by atoms with E-state index in [-0.39, 0.29) is 0 Å². The van der Waals surface area contributed by atoms with Crippen LogP contribution < -0.4 is 9.64 Å². The quantitative estimate of drug-likeness (QED) is 0.620. The van der Waals surface area contributed by atoms with Crippen molar-refractivity contribution in [2.24, 2.45) is 0 Å². The van der Waals surface area contributed by atoms with Crippen molar-refractivity contribution in [1.82, 2.24) is 4.90 Å². The molecule has 1 aliphatic rings. The van der Waals surface area contributed by atoms with Gasteiger partial charge in [-0.1, -0.05) is 26.0 Å². The average molecular weight is 421 g/mol. The molecule has 0 atom stereocenters. The molecule has 0 spiro atoms. The van der Waals surface area contributed by atoms with Crippen LogP contribution in [0.1, 0.15) is 73.3 Å². The molecule has 1 aromatic rings. The number of hydrogen-bond donors (Lipinski definition) is 1. The highest BCUT2D eigenvalue weighted by Gasteiger charge is 2.45. The summed E-state index contributed by atoms with van der Waals surface area (Å²) in [4.78, 5) is 28.1. The summed E-state index contributed by atoms with van der Waals surface area (Å²) in [5.41, 5.74) is -0.321. The summed E-state index contributed by atoms with van der Waals surface area (Å²) >= 11 is 0. The van der Waals surface area contributed by atoms with Crippen LogP contribution in [0, 0.1) is 0 Å². The topological polar surface area (TPSA) is 79.3 Å². The van der Waals surface area contributed by atoms with E-state index < -0.39 is 28.9 Å². The van der Waals surface area contributed by atoms with Crippen molar-refractivity contribution in [3.63, 3.8) is 0 Å². The molecule has 0 aliphatic carbocycles. The van der Waals surface area contributed by atoms with E-state index in [1.165, 1.54) is 4.90 Å². The van der Waals surface area contributed by atoms with Crippen LogP contribution in [0.2, 0.25) is 0 Å². The Balaban J connectivity index is 2.46. The minimum atomic E-state index is -0.984. The Morgan fingerprint density at radius 2 is 1.80 bits per heavy atom. The zero-order chi connectivity index (χ0) is 22.9. The van der Waals surface area contributed by atoms with E-state index >= 15 is 0 Å². The first-order chi connectivity index (χ1) is 13.8. The number of benzene rings is 1. The second-order valence-corrected chi connectivity index (χ2v) is 9.43. The fraction of sp³-hybridized carbons (Fsp3) is 0.652. The zero-order valence-corrected chi connectivity index (χ0v) is 19.5. The smallest absolute Gasteiger partial charge is 0.415 e. The van der Waals surface area contributed by atoms with Gasteiger partial charge >= 0.3 is 12.2 Å². The predicted molar refractivity (Wildman–Crippen MR) is 117 cm³/mol. The molecule has 0 unspecified atom stereocenters. The van der Waals surface area contributed by atoms with E-state index in [0.717, 1.165) is 5.56 Å². The lowest BCUT2D eigenvalue weighted by Gasteiger charge is -2.47. The Bertz CT molecular complexity index is 793. The molecule has 1 aromatic carbocycles. The Kier molecular flexibility index (Phi) is 6.64. The summed E-state index contributed by atoms with van der Waals surface area (Å²) in [5, 5.41) is 9.81. The summed E-state index contributed by atoms with van der Waals surface area (Å²) in [6.45, 7) is 13.7.